The highest BCUT2D eigenvalue weighted by atomic mass is 32.2. The molecule has 106 valence electrons. The smallest absolute Gasteiger partial charge is 0.211 e. The van der Waals surface area contributed by atoms with Gasteiger partial charge in [0.25, 0.3) is 0 Å². The maximum absolute atomic E-state index is 11.5. The SMILES string of the molecule is CCOCCCCCCCS(=O)(=O)NC(C)C.[HH]. The molecule has 0 fully saturated rings. The molecule has 0 saturated heterocycles. The molecule has 17 heavy (non-hydrogen) atoms. The monoisotopic (exact) mass is 267 g/mol. The Bertz CT molecular complexity index is 268. The molecule has 0 atom stereocenters. The second-order valence-electron chi connectivity index (χ2n) is 4.56. The quantitative estimate of drug-likeness (QED) is 0.585. The fraction of sp³-hybridized carbons (Fsp3) is 1.00. The molecule has 0 heterocycles. The Labute approximate surface area is 108 Å². The second kappa shape index (κ2) is 9.85. The molecule has 0 spiro atoms. The summed E-state index contributed by atoms with van der Waals surface area (Å²) in [4.78, 5) is 0. The Kier molecular flexibility index (Phi) is 9.78. The molecule has 0 aliphatic heterocycles. The summed E-state index contributed by atoms with van der Waals surface area (Å²) >= 11 is 0. The van der Waals surface area contributed by atoms with Crippen LogP contribution in [0.4, 0.5) is 0 Å². The topological polar surface area (TPSA) is 55.4 Å². The average Bonchev–Trinajstić information content (AvgIpc) is 2.20. The first-order chi connectivity index (χ1) is 7.98. The van der Waals surface area contributed by atoms with E-state index in [9.17, 15) is 8.42 Å². The first-order valence-electron chi connectivity index (χ1n) is 6.55. The predicted octanol–water partition coefficient (Wildman–Crippen LogP) is 2.55. The van der Waals surface area contributed by atoms with E-state index in [0.29, 0.717) is 0 Å². The molecule has 5 heteroatoms. The molecule has 0 radical (unpaired) electrons. The van der Waals surface area contributed by atoms with Gasteiger partial charge in [-0.05, 0) is 33.6 Å². The number of nitrogens with one attached hydrogen (secondary N) is 1. The van der Waals surface area contributed by atoms with Crippen LogP contribution in [0, 0.1) is 0 Å². The fourth-order valence-corrected chi connectivity index (χ4v) is 3.01. The Hall–Kier alpha value is -0.130. The van der Waals surface area contributed by atoms with Crippen LogP contribution in [0.5, 0.6) is 0 Å². The van der Waals surface area contributed by atoms with Crippen LogP contribution in [0.1, 0.15) is 54.3 Å². The van der Waals surface area contributed by atoms with E-state index >= 15 is 0 Å². The summed E-state index contributed by atoms with van der Waals surface area (Å²) in [5, 5.41) is 0. The molecule has 0 rings (SSSR count). The van der Waals surface area contributed by atoms with Crippen LogP contribution >= 0.6 is 0 Å². The van der Waals surface area contributed by atoms with Gasteiger partial charge in [-0.1, -0.05) is 19.3 Å². The lowest BCUT2D eigenvalue weighted by Crippen LogP contribution is -2.32. The number of rotatable bonds is 11. The van der Waals surface area contributed by atoms with E-state index in [4.69, 9.17) is 4.74 Å². The molecule has 4 nitrogen and oxygen atoms in total. The molecule has 0 bridgehead atoms. The fourth-order valence-electron chi connectivity index (χ4n) is 1.59. The lowest BCUT2D eigenvalue weighted by molar-refractivity contribution is 0.143. The Balaban J connectivity index is 0. The van der Waals surface area contributed by atoms with Crippen molar-refractivity contribution in [1.82, 2.24) is 4.72 Å². The summed E-state index contributed by atoms with van der Waals surface area (Å²) in [7, 11) is -3.06. The van der Waals surface area contributed by atoms with Gasteiger partial charge >= 0.3 is 0 Å². The molecular formula is C12H29NO3S. The predicted molar refractivity (Wildman–Crippen MR) is 73.8 cm³/mol. The first-order valence-corrected chi connectivity index (χ1v) is 8.21. The van der Waals surface area contributed by atoms with Gasteiger partial charge < -0.3 is 4.74 Å². The van der Waals surface area contributed by atoms with Gasteiger partial charge in [-0.15, -0.1) is 0 Å². The van der Waals surface area contributed by atoms with Crippen LogP contribution in [0.2, 0.25) is 0 Å². The van der Waals surface area contributed by atoms with Crippen LogP contribution in [0.25, 0.3) is 0 Å². The van der Waals surface area contributed by atoms with Gasteiger partial charge in [-0.25, -0.2) is 13.1 Å². The van der Waals surface area contributed by atoms with Crippen molar-refractivity contribution in [3.63, 3.8) is 0 Å². The third kappa shape index (κ3) is 12.1. The van der Waals surface area contributed by atoms with E-state index in [0.717, 1.165) is 45.3 Å². The molecule has 0 saturated carbocycles. The van der Waals surface area contributed by atoms with Crippen LogP contribution < -0.4 is 4.72 Å². The lowest BCUT2D eigenvalue weighted by atomic mass is 10.2. The molecule has 0 unspecified atom stereocenters. The minimum atomic E-state index is -3.06. The van der Waals surface area contributed by atoms with Crippen molar-refractivity contribution in [3.8, 4) is 0 Å². The van der Waals surface area contributed by atoms with Gasteiger partial charge in [-0.3, -0.25) is 0 Å². The minimum absolute atomic E-state index is 0. The summed E-state index contributed by atoms with van der Waals surface area (Å²) in [6.45, 7) is 7.27. The average molecular weight is 267 g/mol. The number of hydrogen-bond donors (Lipinski definition) is 1. The van der Waals surface area contributed by atoms with E-state index in [1.54, 1.807) is 0 Å². The first kappa shape index (κ1) is 16.9. The highest BCUT2D eigenvalue weighted by molar-refractivity contribution is 7.89. The zero-order valence-corrected chi connectivity index (χ0v) is 12.2. The zero-order valence-electron chi connectivity index (χ0n) is 11.4. The van der Waals surface area contributed by atoms with E-state index < -0.39 is 10.0 Å². The number of sulfonamides is 1. The normalized spacial score (nSPS) is 12.2. The van der Waals surface area contributed by atoms with Crippen molar-refractivity contribution in [1.29, 1.82) is 0 Å². The van der Waals surface area contributed by atoms with Crippen molar-refractivity contribution in [2.24, 2.45) is 0 Å². The van der Waals surface area contributed by atoms with Crippen LogP contribution in [0.3, 0.4) is 0 Å². The van der Waals surface area contributed by atoms with Gasteiger partial charge in [0.2, 0.25) is 10.0 Å². The third-order valence-electron chi connectivity index (χ3n) is 2.32. The maximum Gasteiger partial charge on any atom is 0.211 e. The zero-order chi connectivity index (χ0) is 13.1. The van der Waals surface area contributed by atoms with E-state index in [1.807, 2.05) is 20.8 Å². The number of ether oxygens (including phenoxy) is 1. The molecule has 0 aromatic carbocycles. The molecule has 0 aliphatic rings. The highest BCUT2D eigenvalue weighted by Crippen LogP contribution is 2.05. The Morgan fingerprint density at radius 3 is 2.29 bits per heavy atom. The maximum atomic E-state index is 11.5. The summed E-state index contributed by atoms with van der Waals surface area (Å²) in [6, 6.07) is -0.00815. The third-order valence-corrected chi connectivity index (χ3v) is 3.98. The van der Waals surface area contributed by atoms with Crippen LogP contribution in [-0.2, 0) is 14.8 Å². The summed E-state index contributed by atoms with van der Waals surface area (Å²) in [5.41, 5.74) is 0. The van der Waals surface area contributed by atoms with Crippen LogP contribution in [-0.4, -0.2) is 33.4 Å². The lowest BCUT2D eigenvalue weighted by Gasteiger charge is -2.09. The van der Waals surface area contributed by atoms with Crippen molar-refractivity contribution in [3.05, 3.63) is 0 Å². The number of unbranched alkanes of at least 4 members (excludes halogenated alkanes) is 4. The van der Waals surface area contributed by atoms with Gasteiger partial charge in [-0.2, -0.15) is 0 Å². The molecule has 0 aliphatic carbocycles. The molecule has 0 aromatic rings. The van der Waals surface area contributed by atoms with Gasteiger partial charge in [0.1, 0.15) is 0 Å². The molecule has 0 aromatic heterocycles. The van der Waals surface area contributed by atoms with E-state index in [1.165, 1.54) is 0 Å². The molecule has 1 N–H and O–H groups in total. The van der Waals surface area contributed by atoms with Crippen LogP contribution in [0.15, 0.2) is 0 Å². The number of hydrogen-bond acceptors (Lipinski definition) is 3. The largest absolute Gasteiger partial charge is 0.382 e. The highest BCUT2D eigenvalue weighted by Gasteiger charge is 2.10. The Morgan fingerprint density at radius 2 is 1.71 bits per heavy atom. The standard InChI is InChI=1S/C12H27NO3S.H2/c1-4-16-10-8-6-5-7-9-11-17(14,15)13-12(2)3;/h12-13H,4-11H2,1-3H3;1H. The molecule has 0 amide bonds. The van der Waals surface area contributed by atoms with Gasteiger partial charge in [0.05, 0.1) is 5.75 Å². The second-order valence-corrected chi connectivity index (χ2v) is 6.43. The van der Waals surface area contributed by atoms with E-state index in [-0.39, 0.29) is 13.2 Å². The summed E-state index contributed by atoms with van der Waals surface area (Å²) in [5.74, 6) is 0.247. The van der Waals surface area contributed by atoms with Crippen molar-refractivity contribution in [2.45, 2.75) is 58.9 Å². The Morgan fingerprint density at radius 1 is 1.12 bits per heavy atom. The van der Waals surface area contributed by atoms with Crippen molar-refractivity contribution < 1.29 is 14.6 Å². The van der Waals surface area contributed by atoms with Gasteiger partial charge in [0, 0.05) is 20.7 Å². The van der Waals surface area contributed by atoms with Crippen molar-refractivity contribution >= 4 is 10.0 Å². The van der Waals surface area contributed by atoms with E-state index in [2.05, 4.69) is 4.72 Å². The van der Waals surface area contributed by atoms with Gasteiger partial charge in [0.15, 0.2) is 0 Å². The van der Waals surface area contributed by atoms with Crippen molar-refractivity contribution in [2.75, 3.05) is 19.0 Å². The summed E-state index contributed by atoms with van der Waals surface area (Å²) in [6.07, 6.45) is 5.01. The summed E-state index contributed by atoms with van der Waals surface area (Å²) < 4.78 is 30.8. The minimum Gasteiger partial charge on any atom is -0.382 e. The molecular weight excluding hydrogens is 238 g/mol.